The number of carbonyl (C=O) groups excluding carboxylic acids is 1. The molecule has 0 aliphatic heterocycles. The van der Waals surface area contributed by atoms with Gasteiger partial charge < -0.3 is 9.30 Å². The van der Waals surface area contributed by atoms with Crippen LogP contribution in [0.25, 0.3) is 0 Å². The third-order valence-electron chi connectivity index (χ3n) is 2.13. The molecule has 2 aromatic heterocycles. The van der Waals surface area contributed by atoms with Gasteiger partial charge in [-0.2, -0.15) is 0 Å². The zero-order valence-corrected chi connectivity index (χ0v) is 8.99. The lowest BCUT2D eigenvalue weighted by atomic mass is 10.6. The number of methoxy groups -OCH3 is 1. The average Bonchev–Trinajstić information content (AvgIpc) is 2.89. The second-order valence-electron chi connectivity index (χ2n) is 3.21. The number of ether oxygens (including phenoxy) is 1. The lowest BCUT2D eigenvalue weighted by molar-refractivity contribution is 0.0586. The summed E-state index contributed by atoms with van der Waals surface area (Å²) in [7, 11) is 3.18. The molecule has 0 unspecified atom stereocenters. The van der Waals surface area contributed by atoms with Gasteiger partial charge in [-0.1, -0.05) is 0 Å². The van der Waals surface area contributed by atoms with E-state index in [1.54, 1.807) is 6.20 Å². The molecule has 0 amide bonds. The van der Waals surface area contributed by atoms with Gasteiger partial charge in [0, 0.05) is 19.4 Å². The summed E-state index contributed by atoms with van der Waals surface area (Å²) in [6, 6.07) is 0. The smallest absolute Gasteiger partial charge is 0.377 e. The summed E-state index contributed by atoms with van der Waals surface area (Å²) < 4.78 is 7.92. The molecular weight excluding hydrogens is 210 g/mol. The molecule has 0 aliphatic rings. The third-order valence-corrected chi connectivity index (χ3v) is 2.13. The molecule has 2 rings (SSSR count). The van der Waals surface area contributed by atoms with Crippen LogP contribution < -0.4 is 0 Å². The van der Waals surface area contributed by atoms with Crippen LogP contribution in [0, 0.1) is 0 Å². The van der Waals surface area contributed by atoms with Crippen molar-refractivity contribution in [3.63, 3.8) is 0 Å². The fraction of sp³-hybridized carbons (Fsp3) is 0.333. The molecule has 7 heteroatoms. The van der Waals surface area contributed by atoms with Crippen molar-refractivity contribution in [1.29, 1.82) is 0 Å². The molecule has 0 aromatic carbocycles. The van der Waals surface area contributed by atoms with E-state index in [2.05, 4.69) is 19.8 Å². The number of aromatic nitrogens is 5. The molecule has 2 aromatic rings. The first-order valence-electron chi connectivity index (χ1n) is 4.64. The molecule has 2 heterocycles. The van der Waals surface area contributed by atoms with Crippen molar-refractivity contribution in [2.45, 2.75) is 6.54 Å². The van der Waals surface area contributed by atoms with E-state index in [9.17, 15) is 4.79 Å². The van der Waals surface area contributed by atoms with E-state index in [1.807, 2.05) is 17.8 Å². The Bertz CT molecular complexity index is 501. The molecule has 0 N–H and O–H groups in total. The third kappa shape index (κ3) is 1.92. The maximum Gasteiger partial charge on any atom is 0.377 e. The van der Waals surface area contributed by atoms with Crippen molar-refractivity contribution in [3.8, 4) is 0 Å². The maximum atomic E-state index is 11.1. The summed E-state index contributed by atoms with van der Waals surface area (Å²) in [5, 5.41) is 3.97. The van der Waals surface area contributed by atoms with Crippen molar-refractivity contribution in [1.82, 2.24) is 24.3 Å². The molecule has 0 saturated carbocycles. The molecule has 0 fully saturated rings. The summed E-state index contributed by atoms with van der Waals surface area (Å²) >= 11 is 0. The molecule has 84 valence electrons. The maximum absolute atomic E-state index is 11.1. The number of rotatable bonds is 3. The second kappa shape index (κ2) is 4.13. The van der Waals surface area contributed by atoms with Crippen LogP contribution in [0.15, 0.2) is 18.7 Å². The summed E-state index contributed by atoms with van der Waals surface area (Å²) in [5.74, 6) is 0.344. The predicted octanol–water partition coefficient (Wildman–Crippen LogP) is -0.154. The summed E-state index contributed by atoms with van der Waals surface area (Å²) in [6.07, 6.45) is 5.02. The Morgan fingerprint density at radius 2 is 2.31 bits per heavy atom. The number of imidazole rings is 1. The van der Waals surface area contributed by atoms with Gasteiger partial charge >= 0.3 is 5.97 Å². The van der Waals surface area contributed by atoms with Gasteiger partial charge in [0.25, 0.3) is 5.82 Å². The van der Waals surface area contributed by atoms with Gasteiger partial charge in [0.05, 0.1) is 7.11 Å². The Morgan fingerprint density at radius 1 is 1.50 bits per heavy atom. The molecule has 7 nitrogen and oxygen atoms in total. The van der Waals surface area contributed by atoms with Crippen molar-refractivity contribution >= 4 is 5.97 Å². The molecule has 0 radical (unpaired) electrons. The van der Waals surface area contributed by atoms with E-state index < -0.39 is 5.97 Å². The van der Waals surface area contributed by atoms with Crippen LogP contribution in [0.4, 0.5) is 0 Å². The average molecular weight is 221 g/mol. The minimum Gasteiger partial charge on any atom is -0.463 e. The van der Waals surface area contributed by atoms with Gasteiger partial charge in [-0.15, -0.1) is 5.10 Å². The molecule has 0 spiro atoms. The molecular formula is C9H11N5O2. The Hall–Kier alpha value is -2.18. The summed E-state index contributed by atoms with van der Waals surface area (Å²) in [4.78, 5) is 19.1. The number of hydrogen-bond acceptors (Lipinski definition) is 5. The number of nitrogens with zero attached hydrogens (tertiary/aromatic N) is 5. The number of hydrogen-bond donors (Lipinski definition) is 0. The lowest BCUT2D eigenvalue weighted by Crippen LogP contribution is -2.08. The summed E-state index contributed by atoms with van der Waals surface area (Å²) in [6.45, 7) is 0.466. The van der Waals surface area contributed by atoms with E-state index in [4.69, 9.17) is 0 Å². The van der Waals surface area contributed by atoms with Crippen LogP contribution in [-0.2, 0) is 18.3 Å². The predicted molar refractivity (Wildman–Crippen MR) is 53.7 cm³/mol. The second-order valence-corrected chi connectivity index (χ2v) is 3.21. The highest BCUT2D eigenvalue weighted by Gasteiger charge is 2.11. The van der Waals surface area contributed by atoms with Crippen LogP contribution in [0.5, 0.6) is 0 Å². The zero-order chi connectivity index (χ0) is 11.5. The van der Waals surface area contributed by atoms with Crippen LogP contribution in [0.3, 0.4) is 0 Å². The fourth-order valence-electron chi connectivity index (χ4n) is 1.25. The highest BCUT2D eigenvalue weighted by Crippen LogP contribution is 1.99. The molecule has 0 atom stereocenters. The number of carbonyl (C=O) groups is 1. The highest BCUT2D eigenvalue weighted by atomic mass is 16.5. The van der Waals surface area contributed by atoms with Crippen LogP contribution in [0.1, 0.15) is 16.4 Å². The Balaban J connectivity index is 2.14. The standard InChI is InChI=1S/C9H11N5O2/c1-13-4-3-10-7(13)5-14-6-11-8(12-14)9(15)16-2/h3-4,6H,5H2,1-2H3. The van der Waals surface area contributed by atoms with Crippen LogP contribution in [-0.4, -0.2) is 37.4 Å². The minimum absolute atomic E-state index is 0.0525. The van der Waals surface area contributed by atoms with E-state index in [0.29, 0.717) is 6.54 Å². The Morgan fingerprint density at radius 3 is 2.94 bits per heavy atom. The zero-order valence-electron chi connectivity index (χ0n) is 8.99. The number of aryl methyl sites for hydroxylation is 1. The van der Waals surface area contributed by atoms with Gasteiger partial charge in [0.2, 0.25) is 0 Å². The van der Waals surface area contributed by atoms with E-state index in [-0.39, 0.29) is 5.82 Å². The van der Waals surface area contributed by atoms with Crippen molar-refractivity contribution in [2.75, 3.05) is 7.11 Å². The number of esters is 1. The van der Waals surface area contributed by atoms with Crippen molar-refractivity contribution < 1.29 is 9.53 Å². The topological polar surface area (TPSA) is 74.8 Å². The van der Waals surface area contributed by atoms with Gasteiger partial charge in [-0.05, 0) is 0 Å². The van der Waals surface area contributed by atoms with Crippen molar-refractivity contribution in [3.05, 3.63) is 30.4 Å². The van der Waals surface area contributed by atoms with Gasteiger partial charge in [-0.25, -0.2) is 19.4 Å². The largest absolute Gasteiger partial charge is 0.463 e. The molecule has 16 heavy (non-hydrogen) atoms. The van der Waals surface area contributed by atoms with Crippen molar-refractivity contribution in [2.24, 2.45) is 7.05 Å². The first-order chi connectivity index (χ1) is 7.70. The van der Waals surface area contributed by atoms with Gasteiger partial charge in [-0.3, -0.25) is 0 Å². The van der Waals surface area contributed by atoms with Crippen LogP contribution in [0.2, 0.25) is 0 Å². The summed E-state index contributed by atoms with van der Waals surface area (Å²) in [5.41, 5.74) is 0. The van der Waals surface area contributed by atoms with Crippen LogP contribution >= 0.6 is 0 Å². The Labute approximate surface area is 91.7 Å². The van der Waals surface area contributed by atoms with Gasteiger partial charge in [0.15, 0.2) is 0 Å². The lowest BCUT2D eigenvalue weighted by Gasteiger charge is -2.00. The van der Waals surface area contributed by atoms with Gasteiger partial charge in [0.1, 0.15) is 18.7 Å². The first-order valence-corrected chi connectivity index (χ1v) is 4.64. The molecule has 0 saturated heterocycles. The van der Waals surface area contributed by atoms with E-state index in [1.165, 1.54) is 18.1 Å². The molecule has 0 bridgehead atoms. The first kappa shape index (κ1) is 10.3. The quantitative estimate of drug-likeness (QED) is 0.673. The normalized spacial score (nSPS) is 10.4. The molecule has 0 aliphatic carbocycles. The SMILES string of the molecule is COC(=O)c1ncn(Cc2nccn2C)n1. The minimum atomic E-state index is -0.543. The highest BCUT2D eigenvalue weighted by molar-refractivity contribution is 5.84. The Kier molecular flexibility index (Phi) is 2.67. The monoisotopic (exact) mass is 221 g/mol. The van der Waals surface area contributed by atoms with E-state index >= 15 is 0 Å². The van der Waals surface area contributed by atoms with E-state index in [0.717, 1.165) is 5.82 Å². The fourth-order valence-corrected chi connectivity index (χ4v) is 1.25.